The van der Waals surface area contributed by atoms with E-state index in [9.17, 15) is 18.0 Å². The second kappa shape index (κ2) is 5.83. The van der Waals surface area contributed by atoms with E-state index < -0.39 is 17.7 Å². The highest BCUT2D eigenvalue weighted by molar-refractivity contribution is 5.88. The van der Waals surface area contributed by atoms with Gasteiger partial charge < -0.3 is 5.11 Å². The molecule has 5 heteroatoms. The molecule has 0 aromatic heterocycles. The molecule has 2 aromatic carbocycles. The fraction of sp³-hybridized carbons (Fsp3) is 0.0625. The molecule has 2 nitrogen and oxygen atoms in total. The molecule has 0 unspecified atom stereocenters. The molecule has 0 saturated carbocycles. The summed E-state index contributed by atoms with van der Waals surface area (Å²) in [5.41, 5.74) is 0.656. The van der Waals surface area contributed by atoms with Gasteiger partial charge in [-0.05, 0) is 34.9 Å². The third kappa shape index (κ3) is 3.72. The summed E-state index contributed by atoms with van der Waals surface area (Å²) in [6.45, 7) is 0. The molecule has 2 rings (SSSR count). The summed E-state index contributed by atoms with van der Waals surface area (Å²) in [6, 6.07) is 12.1. The van der Waals surface area contributed by atoms with E-state index >= 15 is 0 Å². The summed E-state index contributed by atoms with van der Waals surface area (Å²) < 4.78 is 38.3. The lowest BCUT2D eigenvalue weighted by Gasteiger charge is -2.11. The van der Waals surface area contributed by atoms with Gasteiger partial charge in [0.15, 0.2) is 0 Å². The molecule has 0 amide bonds. The Bertz CT molecular complexity index is 674. The third-order valence-corrected chi connectivity index (χ3v) is 2.87. The lowest BCUT2D eigenvalue weighted by molar-refractivity contribution is -0.137. The number of carbonyl (C=O) groups is 1. The highest BCUT2D eigenvalue weighted by atomic mass is 19.4. The van der Waals surface area contributed by atoms with Gasteiger partial charge in [-0.25, -0.2) is 4.79 Å². The Labute approximate surface area is 119 Å². The molecular weight excluding hydrogens is 281 g/mol. The van der Waals surface area contributed by atoms with E-state index in [1.54, 1.807) is 30.3 Å². The van der Waals surface area contributed by atoms with Gasteiger partial charge in [0, 0.05) is 6.08 Å². The Morgan fingerprint density at radius 1 is 1.05 bits per heavy atom. The molecule has 0 fully saturated rings. The van der Waals surface area contributed by atoms with Crippen molar-refractivity contribution in [3.05, 3.63) is 65.7 Å². The summed E-state index contributed by atoms with van der Waals surface area (Å²) >= 11 is 0. The van der Waals surface area contributed by atoms with Gasteiger partial charge in [-0.1, -0.05) is 36.4 Å². The second-order valence-corrected chi connectivity index (χ2v) is 4.34. The largest absolute Gasteiger partial charge is 0.478 e. The predicted molar refractivity (Wildman–Crippen MR) is 73.5 cm³/mol. The Morgan fingerprint density at radius 2 is 1.71 bits per heavy atom. The summed E-state index contributed by atoms with van der Waals surface area (Å²) in [5, 5.41) is 8.66. The second-order valence-electron chi connectivity index (χ2n) is 4.34. The van der Waals surface area contributed by atoms with Crippen molar-refractivity contribution in [1.82, 2.24) is 0 Å². The molecule has 0 bridgehead atoms. The number of carboxylic acids is 1. The number of benzene rings is 2. The van der Waals surface area contributed by atoms with Gasteiger partial charge in [-0.3, -0.25) is 0 Å². The SMILES string of the molecule is O=C(O)/C=C/c1cc(C(F)(F)F)ccc1-c1ccccc1. The third-order valence-electron chi connectivity index (χ3n) is 2.87. The minimum Gasteiger partial charge on any atom is -0.478 e. The zero-order valence-corrected chi connectivity index (χ0v) is 10.8. The number of hydrogen-bond acceptors (Lipinski definition) is 1. The minimum absolute atomic E-state index is 0.207. The van der Waals surface area contributed by atoms with Crippen molar-refractivity contribution in [3.8, 4) is 11.1 Å². The molecule has 0 aliphatic rings. The van der Waals surface area contributed by atoms with Gasteiger partial charge in [0.05, 0.1) is 5.56 Å². The van der Waals surface area contributed by atoms with Crippen LogP contribution in [0.15, 0.2) is 54.6 Å². The van der Waals surface area contributed by atoms with Crippen LogP contribution in [-0.4, -0.2) is 11.1 Å². The summed E-state index contributed by atoms with van der Waals surface area (Å²) in [5.74, 6) is -1.22. The lowest BCUT2D eigenvalue weighted by atomic mass is 9.97. The Balaban J connectivity index is 2.57. The van der Waals surface area contributed by atoms with Crippen LogP contribution < -0.4 is 0 Å². The first kappa shape index (κ1) is 14.8. The molecule has 0 spiro atoms. The van der Waals surface area contributed by atoms with E-state index in [2.05, 4.69) is 0 Å². The quantitative estimate of drug-likeness (QED) is 0.847. The molecule has 0 aliphatic heterocycles. The van der Waals surface area contributed by atoms with Crippen LogP contribution in [0.25, 0.3) is 17.2 Å². The van der Waals surface area contributed by atoms with Crippen molar-refractivity contribution in [3.63, 3.8) is 0 Å². The topological polar surface area (TPSA) is 37.3 Å². The lowest BCUT2D eigenvalue weighted by Crippen LogP contribution is -2.05. The Morgan fingerprint density at radius 3 is 2.29 bits per heavy atom. The van der Waals surface area contributed by atoms with E-state index in [-0.39, 0.29) is 5.56 Å². The summed E-state index contributed by atoms with van der Waals surface area (Å²) in [7, 11) is 0. The van der Waals surface area contributed by atoms with Crippen LogP contribution in [0.1, 0.15) is 11.1 Å². The van der Waals surface area contributed by atoms with Gasteiger partial charge in [0.1, 0.15) is 0 Å². The molecule has 21 heavy (non-hydrogen) atoms. The average Bonchev–Trinajstić information content (AvgIpc) is 2.44. The highest BCUT2D eigenvalue weighted by Crippen LogP contribution is 2.33. The molecule has 0 atom stereocenters. The van der Waals surface area contributed by atoms with Crippen molar-refractivity contribution in [1.29, 1.82) is 0 Å². The van der Waals surface area contributed by atoms with E-state index in [1.165, 1.54) is 12.1 Å². The van der Waals surface area contributed by atoms with Crippen molar-refractivity contribution < 1.29 is 23.1 Å². The molecule has 0 heterocycles. The number of carboxylic acid groups (broad SMARTS) is 1. The first-order chi connectivity index (χ1) is 9.88. The van der Waals surface area contributed by atoms with Crippen LogP contribution in [0.5, 0.6) is 0 Å². The van der Waals surface area contributed by atoms with E-state index in [0.29, 0.717) is 5.56 Å². The normalized spacial score (nSPS) is 11.8. The van der Waals surface area contributed by atoms with Crippen molar-refractivity contribution in [2.75, 3.05) is 0 Å². The van der Waals surface area contributed by atoms with Crippen molar-refractivity contribution >= 4 is 12.0 Å². The Kier molecular flexibility index (Phi) is 4.12. The van der Waals surface area contributed by atoms with Crippen LogP contribution in [-0.2, 0) is 11.0 Å². The first-order valence-electron chi connectivity index (χ1n) is 6.05. The molecule has 0 aliphatic carbocycles. The van der Waals surface area contributed by atoms with Crippen molar-refractivity contribution in [2.24, 2.45) is 0 Å². The monoisotopic (exact) mass is 292 g/mol. The zero-order chi connectivity index (χ0) is 15.5. The maximum atomic E-state index is 12.8. The van der Waals surface area contributed by atoms with Crippen LogP contribution in [0, 0.1) is 0 Å². The average molecular weight is 292 g/mol. The van der Waals surface area contributed by atoms with Crippen LogP contribution in [0.3, 0.4) is 0 Å². The zero-order valence-electron chi connectivity index (χ0n) is 10.8. The van der Waals surface area contributed by atoms with Gasteiger partial charge in [-0.15, -0.1) is 0 Å². The maximum Gasteiger partial charge on any atom is 0.416 e. The highest BCUT2D eigenvalue weighted by Gasteiger charge is 2.30. The predicted octanol–water partition coefficient (Wildman–Crippen LogP) is 4.47. The molecule has 0 saturated heterocycles. The Hall–Kier alpha value is -2.56. The number of hydrogen-bond donors (Lipinski definition) is 1. The van der Waals surface area contributed by atoms with Crippen LogP contribution >= 0.6 is 0 Å². The fourth-order valence-corrected chi connectivity index (χ4v) is 1.92. The maximum absolute atomic E-state index is 12.8. The molecule has 108 valence electrons. The number of halogens is 3. The minimum atomic E-state index is -4.47. The first-order valence-corrected chi connectivity index (χ1v) is 6.05. The number of alkyl halides is 3. The van der Waals surface area contributed by atoms with E-state index in [1.807, 2.05) is 0 Å². The summed E-state index contributed by atoms with van der Waals surface area (Å²) in [6.07, 6.45) is -2.48. The molecular formula is C16H11F3O2. The smallest absolute Gasteiger partial charge is 0.416 e. The van der Waals surface area contributed by atoms with Gasteiger partial charge in [0.25, 0.3) is 0 Å². The molecule has 0 radical (unpaired) electrons. The van der Waals surface area contributed by atoms with Gasteiger partial charge >= 0.3 is 12.1 Å². The summed E-state index contributed by atoms with van der Waals surface area (Å²) in [4.78, 5) is 10.6. The standard InChI is InChI=1S/C16H11F3O2/c17-16(18,19)13-7-8-14(11-4-2-1-3-5-11)12(10-13)6-9-15(20)21/h1-10H,(H,20,21)/b9-6+. The van der Waals surface area contributed by atoms with E-state index in [4.69, 9.17) is 5.11 Å². The fourth-order valence-electron chi connectivity index (χ4n) is 1.92. The molecule has 1 N–H and O–H groups in total. The van der Waals surface area contributed by atoms with Gasteiger partial charge in [0.2, 0.25) is 0 Å². The number of aliphatic carboxylic acids is 1. The van der Waals surface area contributed by atoms with Crippen LogP contribution in [0.2, 0.25) is 0 Å². The molecule has 2 aromatic rings. The van der Waals surface area contributed by atoms with Gasteiger partial charge in [-0.2, -0.15) is 13.2 Å². The van der Waals surface area contributed by atoms with E-state index in [0.717, 1.165) is 23.8 Å². The number of rotatable bonds is 3. The van der Waals surface area contributed by atoms with Crippen LogP contribution in [0.4, 0.5) is 13.2 Å². The van der Waals surface area contributed by atoms with Crippen molar-refractivity contribution in [2.45, 2.75) is 6.18 Å².